The van der Waals surface area contributed by atoms with Crippen molar-refractivity contribution < 1.29 is 9.59 Å². The molecule has 17 heavy (non-hydrogen) atoms. The molecule has 3 heteroatoms. The average molecular weight is 258 g/mol. The maximum atomic E-state index is 11.2. The summed E-state index contributed by atoms with van der Waals surface area (Å²) in [6.45, 7) is 5.90. The molecule has 0 rings (SSSR count). The minimum absolute atomic E-state index is 0.0562. The number of rotatable bonds is 10. The molecule has 2 unspecified atom stereocenters. The van der Waals surface area contributed by atoms with E-state index in [1.807, 2.05) is 0 Å². The van der Waals surface area contributed by atoms with Gasteiger partial charge < -0.3 is 4.79 Å². The second-order valence-electron chi connectivity index (χ2n) is 4.59. The van der Waals surface area contributed by atoms with Crippen LogP contribution < -0.4 is 0 Å². The molecule has 0 aliphatic carbocycles. The number of thioether (sulfide) groups is 1. The Bertz CT molecular complexity index is 216. The van der Waals surface area contributed by atoms with Crippen LogP contribution in [0.5, 0.6) is 0 Å². The predicted molar refractivity (Wildman–Crippen MR) is 75.3 cm³/mol. The Labute approximate surface area is 110 Å². The summed E-state index contributed by atoms with van der Waals surface area (Å²) in [5.74, 6) is 0.0562. The molecule has 0 saturated carbocycles. The monoisotopic (exact) mass is 258 g/mol. The van der Waals surface area contributed by atoms with Gasteiger partial charge in [0, 0.05) is 18.1 Å². The zero-order valence-electron chi connectivity index (χ0n) is 11.4. The maximum Gasteiger partial charge on any atom is 0.186 e. The second-order valence-corrected chi connectivity index (χ2v) is 6.00. The second kappa shape index (κ2) is 10.8. The van der Waals surface area contributed by atoms with Crippen molar-refractivity contribution in [3.05, 3.63) is 0 Å². The molecule has 0 aliphatic heterocycles. The predicted octanol–water partition coefficient (Wildman–Crippen LogP) is 4.22. The average Bonchev–Trinajstić information content (AvgIpc) is 2.29. The number of carbonyl (C=O) groups excluding carboxylic acids is 2. The third kappa shape index (κ3) is 8.42. The Kier molecular flexibility index (Phi) is 10.6. The van der Waals surface area contributed by atoms with Crippen LogP contribution in [0.2, 0.25) is 0 Å². The van der Waals surface area contributed by atoms with Crippen LogP contribution >= 0.6 is 11.8 Å². The fourth-order valence-corrected chi connectivity index (χ4v) is 3.04. The van der Waals surface area contributed by atoms with Crippen LogP contribution in [0.4, 0.5) is 0 Å². The van der Waals surface area contributed by atoms with Crippen molar-refractivity contribution in [3.63, 3.8) is 0 Å². The van der Waals surface area contributed by atoms with Gasteiger partial charge >= 0.3 is 0 Å². The van der Waals surface area contributed by atoms with Gasteiger partial charge in [-0.1, -0.05) is 57.7 Å². The Morgan fingerprint density at radius 2 is 1.76 bits per heavy atom. The van der Waals surface area contributed by atoms with E-state index in [9.17, 15) is 9.59 Å². The molecular formula is C14H26O2S. The van der Waals surface area contributed by atoms with Gasteiger partial charge in [-0.15, -0.1) is 0 Å². The summed E-state index contributed by atoms with van der Waals surface area (Å²) in [4.78, 5) is 22.4. The third-order valence-electron chi connectivity index (χ3n) is 2.95. The Morgan fingerprint density at radius 3 is 2.24 bits per heavy atom. The number of hydrogen-bond donors (Lipinski definition) is 0. The molecule has 0 aromatic rings. The first-order valence-corrected chi connectivity index (χ1v) is 7.66. The zero-order chi connectivity index (χ0) is 13.1. The van der Waals surface area contributed by atoms with Crippen molar-refractivity contribution in [2.45, 2.75) is 71.0 Å². The number of carbonyl (C=O) groups is 2. The molecule has 100 valence electrons. The minimum atomic E-state index is 0.0562. The van der Waals surface area contributed by atoms with Crippen molar-refractivity contribution in [1.82, 2.24) is 0 Å². The molecule has 0 saturated heterocycles. The van der Waals surface area contributed by atoms with Gasteiger partial charge in [0.25, 0.3) is 0 Å². The smallest absolute Gasteiger partial charge is 0.186 e. The van der Waals surface area contributed by atoms with Gasteiger partial charge in [0.1, 0.15) is 6.29 Å². The molecule has 0 radical (unpaired) electrons. The molecule has 0 heterocycles. The van der Waals surface area contributed by atoms with Crippen LogP contribution in [0.1, 0.15) is 65.7 Å². The van der Waals surface area contributed by atoms with E-state index < -0.39 is 0 Å². The Morgan fingerprint density at radius 1 is 1.12 bits per heavy atom. The Hall–Kier alpha value is -0.310. The van der Waals surface area contributed by atoms with Gasteiger partial charge in [0.05, 0.1) is 0 Å². The molecule has 0 amide bonds. The van der Waals surface area contributed by atoms with E-state index in [-0.39, 0.29) is 16.3 Å². The lowest BCUT2D eigenvalue weighted by molar-refractivity contribution is -0.111. The van der Waals surface area contributed by atoms with Gasteiger partial charge in [0.15, 0.2) is 5.12 Å². The quantitative estimate of drug-likeness (QED) is 0.434. The first-order chi connectivity index (χ1) is 8.15. The van der Waals surface area contributed by atoms with E-state index in [1.165, 1.54) is 24.6 Å². The van der Waals surface area contributed by atoms with Crippen molar-refractivity contribution >= 4 is 23.2 Å². The van der Waals surface area contributed by atoms with Crippen molar-refractivity contribution in [2.24, 2.45) is 5.92 Å². The van der Waals surface area contributed by atoms with Crippen LogP contribution in [-0.4, -0.2) is 16.7 Å². The highest BCUT2D eigenvalue weighted by Gasteiger charge is 2.22. The van der Waals surface area contributed by atoms with E-state index in [0.29, 0.717) is 0 Å². The van der Waals surface area contributed by atoms with E-state index in [4.69, 9.17) is 0 Å². The highest BCUT2D eigenvalue weighted by Crippen LogP contribution is 2.28. The van der Waals surface area contributed by atoms with E-state index in [0.717, 1.165) is 38.4 Å². The van der Waals surface area contributed by atoms with Crippen LogP contribution in [0.15, 0.2) is 0 Å². The topological polar surface area (TPSA) is 34.1 Å². The number of aldehydes is 1. The number of unbranched alkanes of at least 4 members (excludes halogenated alkanes) is 3. The molecule has 0 spiro atoms. The van der Waals surface area contributed by atoms with E-state index >= 15 is 0 Å². The molecule has 0 N–H and O–H groups in total. The standard InChI is InChI=1S/C14H26O2S/c1-4-6-8-10-14(17-12(3)16)13(11-15)9-7-5-2/h11,13-14H,4-10H2,1-3H3. The van der Waals surface area contributed by atoms with Gasteiger partial charge in [-0.3, -0.25) is 4.79 Å². The summed E-state index contributed by atoms with van der Waals surface area (Å²) in [6.07, 6.45) is 8.65. The van der Waals surface area contributed by atoms with Gasteiger partial charge in [-0.25, -0.2) is 0 Å². The van der Waals surface area contributed by atoms with Crippen LogP contribution in [0, 0.1) is 5.92 Å². The molecule has 2 atom stereocenters. The van der Waals surface area contributed by atoms with Crippen molar-refractivity contribution in [2.75, 3.05) is 0 Å². The summed E-state index contributed by atoms with van der Waals surface area (Å²) < 4.78 is 0. The minimum Gasteiger partial charge on any atom is -0.303 e. The summed E-state index contributed by atoms with van der Waals surface area (Å²) in [6, 6.07) is 0. The molecular weight excluding hydrogens is 232 g/mol. The summed E-state index contributed by atoms with van der Waals surface area (Å²) in [5, 5.41) is 0.331. The molecule has 0 bridgehead atoms. The molecule has 0 aliphatic rings. The zero-order valence-corrected chi connectivity index (χ0v) is 12.2. The first-order valence-electron chi connectivity index (χ1n) is 6.78. The maximum absolute atomic E-state index is 11.2. The SMILES string of the molecule is CCCCCC(SC(C)=O)C(C=O)CCCC. The summed E-state index contributed by atoms with van der Waals surface area (Å²) in [7, 11) is 0. The van der Waals surface area contributed by atoms with Crippen LogP contribution in [-0.2, 0) is 9.59 Å². The lowest BCUT2D eigenvalue weighted by atomic mass is 9.96. The molecule has 0 aromatic heterocycles. The largest absolute Gasteiger partial charge is 0.303 e. The number of hydrogen-bond acceptors (Lipinski definition) is 3. The highest BCUT2D eigenvalue weighted by molar-refractivity contribution is 8.14. The van der Waals surface area contributed by atoms with Crippen molar-refractivity contribution in [1.29, 1.82) is 0 Å². The molecule has 0 fully saturated rings. The van der Waals surface area contributed by atoms with Gasteiger partial charge in [-0.2, -0.15) is 0 Å². The highest BCUT2D eigenvalue weighted by atomic mass is 32.2. The van der Waals surface area contributed by atoms with Crippen LogP contribution in [0.25, 0.3) is 0 Å². The van der Waals surface area contributed by atoms with Crippen LogP contribution in [0.3, 0.4) is 0 Å². The first kappa shape index (κ1) is 16.7. The van der Waals surface area contributed by atoms with Gasteiger partial charge in [0.2, 0.25) is 0 Å². The lowest BCUT2D eigenvalue weighted by Gasteiger charge is -2.21. The van der Waals surface area contributed by atoms with E-state index in [2.05, 4.69) is 13.8 Å². The summed E-state index contributed by atoms with van der Waals surface area (Å²) in [5.41, 5.74) is 0. The Balaban J connectivity index is 4.28. The molecule has 0 aromatic carbocycles. The fourth-order valence-electron chi connectivity index (χ4n) is 1.95. The third-order valence-corrected chi connectivity index (χ3v) is 4.17. The summed E-state index contributed by atoms with van der Waals surface area (Å²) >= 11 is 1.36. The lowest BCUT2D eigenvalue weighted by Crippen LogP contribution is -2.20. The molecule has 2 nitrogen and oxygen atoms in total. The van der Waals surface area contributed by atoms with Gasteiger partial charge in [-0.05, 0) is 12.8 Å². The van der Waals surface area contributed by atoms with E-state index in [1.54, 1.807) is 6.92 Å². The normalized spacial score (nSPS) is 14.3. The van der Waals surface area contributed by atoms with Crippen molar-refractivity contribution in [3.8, 4) is 0 Å². The fraction of sp³-hybridized carbons (Fsp3) is 0.857.